The molecule has 174 valence electrons. The van der Waals surface area contributed by atoms with Gasteiger partial charge in [-0.15, -0.1) is 0 Å². The van der Waals surface area contributed by atoms with Crippen LogP contribution in [-0.2, 0) is 14.3 Å². The topological polar surface area (TPSA) is 131 Å². The molecule has 0 heterocycles. The number of aliphatic carboxylic acids is 1. The molecule has 0 aliphatic heterocycles. The summed E-state index contributed by atoms with van der Waals surface area (Å²) >= 11 is 0. The highest BCUT2D eigenvalue weighted by Crippen LogP contribution is 2.44. The Morgan fingerprint density at radius 2 is 1.67 bits per heavy atom. The Morgan fingerprint density at radius 3 is 2.24 bits per heavy atom. The fourth-order valence-corrected chi connectivity index (χ4v) is 3.89. The number of rotatable bonds is 10. The van der Waals surface area contributed by atoms with E-state index in [1.807, 2.05) is 36.4 Å². The Bertz CT molecular complexity index is 1000. The van der Waals surface area contributed by atoms with Crippen LogP contribution in [0.15, 0.2) is 60.3 Å². The number of alkyl carbamates (subject to hydrolysis) is 1. The van der Waals surface area contributed by atoms with E-state index in [1.54, 1.807) is 0 Å². The number of carbonyl (C=O) groups excluding carboxylic acids is 2. The third kappa shape index (κ3) is 5.98. The summed E-state index contributed by atoms with van der Waals surface area (Å²) in [6, 6.07) is 15.2. The number of carboxylic acids is 1. The Labute approximate surface area is 192 Å². The molecule has 0 fully saturated rings. The Kier molecular flexibility index (Phi) is 8.21. The monoisotopic (exact) mass is 451 g/mol. The molecule has 0 saturated heterocycles. The van der Waals surface area contributed by atoms with Gasteiger partial charge in [-0.25, -0.2) is 9.59 Å². The lowest BCUT2D eigenvalue weighted by molar-refractivity contribution is -0.132. The van der Waals surface area contributed by atoms with Gasteiger partial charge in [0.15, 0.2) is 0 Å². The van der Waals surface area contributed by atoms with Gasteiger partial charge in [0.2, 0.25) is 5.91 Å². The summed E-state index contributed by atoms with van der Waals surface area (Å²) < 4.78 is 5.53. The van der Waals surface area contributed by atoms with Crippen LogP contribution >= 0.6 is 0 Å². The third-order valence-electron chi connectivity index (χ3n) is 5.67. The van der Waals surface area contributed by atoms with Gasteiger partial charge < -0.3 is 26.2 Å². The van der Waals surface area contributed by atoms with Crippen LogP contribution in [0.4, 0.5) is 4.79 Å². The van der Waals surface area contributed by atoms with Gasteiger partial charge in [-0.1, -0.05) is 48.5 Å². The molecule has 2 aromatic carbocycles. The van der Waals surface area contributed by atoms with E-state index in [4.69, 9.17) is 15.6 Å². The number of amides is 2. The maximum absolute atomic E-state index is 12.6. The number of fused-ring (bicyclic) bond motifs is 3. The normalized spacial score (nSPS) is 13.6. The van der Waals surface area contributed by atoms with E-state index in [-0.39, 0.29) is 18.1 Å². The summed E-state index contributed by atoms with van der Waals surface area (Å²) in [6.07, 6.45) is 2.08. The average molecular weight is 452 g/mol. The Morgan fingerprint density at radius 1 is 1.06 bits per heavy atom. The first-order chi connectivity index (χ1) is 15.9. The molecule has 0 spiro atoms. The molecular weight excluding hydrogens is 422 g/mol. The predicted octanol–water partition coefficient (Wildman–Crippen LogP) is 3.13. The summed E-state index contributed by atoms with van der Waals surface area (Å²) in [4.78, 5) is 36.0. The number of nitrogens with two attached hydrogens (primary N) is 1. The molecule has 8 heteroatoms. The quantitative estimate of drug-likeness (QED) is 0.324. The fraction of sp³-hybridized carbons (Fsp3) is 0.320. The van der Waals surface area contributed by atoms with Gasteiger partial charge in [0.05, 0.1) is 0 Å². The van der Waals surface area contributed by atoms with Crippen LogP contribution in [0.1, 0.15) is 43.2 Å². The lowest BCUT2D eigenvalue weighted by atomic mass is 9.98. The second-order valence-corrected chi connectivity index (χ2v) is 7.95. The van der Waals surface area contributed by atoms with Crippen LogP contribution in [0.3, 0.4) is 0 Å². The maximum Gasteiger partial charge on any atom is 0.407 e. The number of carbonyl (C=O) groups is 3. The van der Waals surface area contributed by atoms with Gasteiger partial charge in [0, 0.05) is 17.7 Å². The van der Waals surface area contributed by atoms with E-state index in [2.05, 4.69) is 22.8 Å². The molecule has 1 aliphatic rings. The SMILES string of the molecule is CC(=CNC(=O)[C@H](CCCCN)NC(=O)OCC1c2ccccc2-c2ccccc21)C(=O)O. The van der Waals surface area contributed by atoms with Crippen molar-refractivity contribution in [1.29, 1.82) is 0 Å². The van der Waals surface area contributed by atoms with Crippen molar-refractivity contribution in [3.05, 3.63) is 71.4 Å². The minimum Gasteiger partial charge on any atom is -0.478 e. The fourth-order valence-electron chi connectivity index (χ4n) is 3.89. The molecular formula is C25H29N3O5. The van der Waals surface area contributed by atoms with E-state index in [0.29, 0.717) is 25.8 Å². The first kappa shape index (κ1) is 24.0. The lowest BCUT2D eigenvalue weighted by Gasteiger charge is -2.19. The first-order valence-corrected chi connectivity index (χ1v) is 10.9. The van der Waals surface area contributed by atoms with Crippen molar-refractivity contribution >= 4 is 18.0 Å². The van der Waals surface area contributed by atoms with E-state index in [0.717, 1.165) is 28.5 Å². The Balaban J connectivity index is 1.65. The van der Waals surface area contributed by atoms with Crippen LogP contribution in [0, 0.1) is 0 Å². The van der Waals surface area contributed by atoms with Crippen LogP contribution in [0.5, 0.6) is 0 Å². The molecule has 0 saturated carbocycles. The summed E-state index contributed by atoms with van der Waals surface area (Å²) in [5.41, 5.74) is 9.95. The molecule has 33 heavy (non-hydrogen) atoms. The first-order valence-electron chi connectivity index (χ1n) is 10.9. The van der Waals surface area contributed by atoms with Crippen molar-refractivity contribution in [2.45, 2.75) is 38.1 Å². The molecule has 5 N–H and O–H groups in total. The zero-order valence-corrected chi connectivity index (χ0v) is 18.5. The molecule has 0 unspecified atom stereocenters. The number of carboxylic acid groups (broad SMARTS) is 1. The smallest absolute Gasteiger partial charge is 0.407 e. The van der Waals surface area contributed by atoms with Gasteiger partial charge in [-0.2, -0.15) is 0 Å². The van der Waals surface area contributed by atoms with Crippen molar-refractivity contribution in [2.75, 3.05) is 13.2 Å². The van der Waals surface area contributed by atoms with Gasteiger partial charge in [0.25, 0.3) is 0 Å². The van der Waals surface area contributed by atoms with E-state index in [1.165, 1.54) is 6.92 Å². The van der Waals surface area contributed by atoms with Crippen molar-refractivity contribution in [3.63, 3.8) is 0 Å². The largest absolute Gasteiger partial charge is 0.478 e. The van der Waals surface area contributed by atoms with Gasteiger partial charge >= 0.3 is 12.1 Å². The summed E-state index contributed by atoms with van der Waals surface area (Å²) in [5, 5.41) is 14.0. The third-order valence-corrected chi connectivity index (χ3v) is 5.67. The zero-order valence-electron chi connectivity index (χ0n) is 18.5. The summed E-state index contributed by atoms with van der Waals surface area (Å²) in [5.74, 6) is -1.74. The highest BCUT2D eigenvalue weighted by atomic mass is 16.5. The highest BCUT2D eigenvalue weighted by molar-refractivity contribution is 5.89. The van der Waals surface area contributed by atoms with E-state index in [9.17, 15) is 14.4 Å². The molecule has 8 nitrogen and oxygen atoms in total. The summed E-state index contributed by atoms with van der Waals surface area (Å²) in [7, 11) is 0. The van der Waals surface area contributed by atoms with Crippen LogP contribution in [0.2, 0.25) is 0 Å². The average Bonchev–Trinajstić information content (AvgIpc) is 3.14. The predicted molar refractivity (Wildman–Crippen MR) is 124 cm³/mol. The van der Waals surface area contributed by atoms with Crippen LogP contribution < -0.4 is 16.4 Å². The number of hydrogen-bond donors (Lipinski definition) is 4. The second-order valence-electron chi connectivity index (χ2n) is 7.95. The van der Waals surface area contributed by atoms with Gasteiger partial charge in [-0.3, -0.25) is 4.79 Å². The highest BCUT2D eigenvalue weighted by Gasteiger charge is 2.29. The van der Waals surface area contributed by atoms with Gasteiger partial charge in [0.1, 0.15) is 12.6 Å². The molecule has 2 amide bonds. The maximum atomic E-state index is 12.6. The molecule has 3 rings (SSSR count). The number of benzene rings is 2. The van der Waals surface area contributed by atoms with Crippen molar-refractivity contribution < 1.29 is 24.2 Å². The van der Waals surface area contributed by atoms with E-state index < -0.39 is 24.0 Å². The Hall–Kier alpha value is -3.65. The molecule has 0 bridgehead atoms. The minimum absolute atomic E-state index is 0.0230. The molecule has 0 aromatic heterocycles. The van der Waals surface area contributed by atoms with Crippen molar-refractivity contribution in [3.8, 4) is 11.1 Å². The molecule has 0 radical (unpaired) electrons. The van der Waals surface area contributed by atoms with Gasteiger partial charge in [-0.05, 0) is 55.0 Å². The number of ether oxygens (including phenoxy) is 1. The minimum atomic E-state index is -1.14. The zero-order chi connectivity index (χ0) is 23.8. The van der Waals surface area contributed by atoms with Crippen molar-refractivity contribution in [2.24, 2.45) is 5.73 Å². The summed E-state index contributed by atoms with van der Waals surface area (Å²) in [6.45, 7) is 1.97. The van der Waals surface area contributed by atoms with E-state index >= 15 is 0 Å². The molecule has 1 atom stereocenters. The number of hydrogen-bond acceptors (Lipinski definition) is 5. The number of nitrogens with one attached hydrogen (secondary N) is 2. The number of unbranched alkanes of at least 4 members (excludes halogenated alkanes) is 1. The van der Waals surface area contributed by atoms with Crippen LogP contribution in [-0.4, -0.2) is 42.3 Å². The van der Waals surface area contributed by atoms with Crippen LogP contribution in [0.25, 0.3) is 11.1 Å². The van der Waals surface area contributed by atoms with Crippen molar-refractivity contribution in [1.82, 2.24) is 10.6 Å². The molecule has 2 aromatic rings. The molecule has 1 aliphatic carbocycles. The second kappa shape index (κ2) is 11.3. The standard InChI is InChI=1S/C25H29N3O5/c1-16(24(30)31)14-27-23(29)22(12-6-7-13-26)28-25(32)33-15-21-19-10-4-2-8-17(19)18-9-3-5-11-20(18)21/h2-5,8-11,14,21-22H,6-7,12-13,15,26H2,1H3,(H,27,29)(H,28,32)(H,30,31)/t22-/m0/s1. The lowest BCUT2D eigenvalue weighted by Crippen LogP contribution is -2.46.